The fraction of sp³-hybridized carbons (Fsp3) is 0.650. The lowest BCUT2D eigenvalue weighted by atomic mass is 10.1. The highest BCUT2D eigenvalue weighted by Gasteiger charge is 2.23. The van der Waals surface area contributed by atoms with Gasteiger partial charge in [0.05, 0.1) is 4.90 Å². The van der Waals surface area contributed by atoms with Gasteiger partial charge in [0.2, 0.25) is 10.0 Å². The predicted octanol–water partition coefficient (Wildman–Crippen LogP) is 1.39. The van der Waals surface area contributed by atoms with Gasteiger partial charge in [-0.05, 0) is 44.6 Å². The number of hydrogen-bond acceptors (Lipinski definition) is 5. The third-order valence-electron chi connectivity index (χ3n) is 5.33. The second-order valence-corrected chi connectivity index (χ2v) is 9.26. The molecule has 158 valence electrons. The quantitative estimate of drug-likeness (QED) is 0.623. The van der Waals surface area contributed by atoms with Gasteiger partial charge in [-0.2, -0.15) is 4.31 Å². The standard InChI is InChI=1S/C20H34N4O3S/c1-5-24(6-2)28(26,27)18-9-8-17(3)19(16-18)20(25)21-10-7-11-23-14-12-22(4)13-15-23/h8-9,16H,5-7,10-15H2,1-4H3,(H,21,25). The number of nitrogens with one attached hydrogen (secondary N) is 1. The fourth-order valence-electron chi connectivity index (χ4n) is 3.39. The number of benzene rings is 1. The summed E-state index contributed by atoms with van der Waals surface area (Å²) >= 11 is 0. The minimum absolute atomic E-state index is 0.171. The predicted molar refractivity (Wildman–Crippen MR) is 112 cm³/mol. The molecule has 0 spiro atoms. The second-order valence-electron chi connectivity index (χ2n) is 7.32. The summed E-state index contributed by atoms with van der Waals surface area (Å²) in [6, 6.07) is 4.78. The third kappa shape index (κ3) is 5.76. The van der Waals surface area contributed by atoms with Crippen molar-refractivity contribution >= 4 is 15.9 Å². The van der Waals surface area contributed by atoms with Crippen molar-refractivity contribution in [3.8, 4) is 0 Å². The number of nitrogens with zero attached hydrogens (tertiary/aromatic N) is 3. The summed E-state index contributed by atoms with van der Waals surface area (Å²) in [5.74, 6) is -0.215. The molecule has 0 bridgehead atoms. The van der Waals surface area contributed by atoms with Gasteiger partial charge in [-0.1, -0.05) is 19.9 Å². The smallest absolute Gasteiger partial charge is 0.251 e. The Labute approximate surface area is 169 Å². The van der Waals surface area contributed by atoms with Crippen LogP contribution in [0.1, 0.15) is 36.2 Å². The normalized spacial score (nSPS) is 16.5. The van der Waals surface area contributed by atoms with Gasteiger partial charge >= 0.3 is 0 Å². The molecule has 0 aromatic heterocycles. The number of aryl methyl sites for hydroxylation is 1. The van der Waals surface area contributed by atoms with E-state index in [1.165, 1.54) is 10.4 Å². The first-order chi connectivity index (χ1) is 13.3. The Kier molecular flexibility index (Phi) is 8.42. The molecule has 28 heavy (non-hydrogen) atoms. The molecule has 1 aliphatic rings. The average Bonchev–Trinajstić information content (AvgIpc) is 2.67. The van der Waals surface area contributed by atoms with E-state index < -0.39 is 10.0 Å². The molecule has 1 saturated heterocycles. The molecule has 1 heterocycles. The number of sulfonamides is 1. The van der Waals surface area contributed by atoms with E-state index in [0.717, 1.165) is 44.7 Å². The molecule has 0 saturated carbocycles. The molecule has 1 aromatic carbocycles. The Morgan fingerprint density at radius 2 is 1.79 bits per heavy atom. The van der Waals surface area contributed by atoms with Gasteiger partial charge in [0.25, 0.3) is 5.91 Å². The summed E-state index contributed by atoms with van der Waals surface area (Å²) in [7, 11) is -1.44. The van der Waals surface area contributed by atoms with Gasteiger partial charge in [-0.15, -0.1) is 0 Å². The van der Waals surface area contributed by atoms with Crippen molar-refractivity contribution in [1.82, 2.24) is 19.4 Å². The molecule has 0 unspecified atom stereocenters. The van der Waals surface area contributed by atoms with Crippen LogP contribution in [0.25, 0.3) is 0 Å². The Morgan fingerprint density at radius 3 is 2.39 bits per heavy atom. The number of hydrogen-bond donors (Lipinski definition) is 1. The highest BCUT2D eigenvalue weighted by molar-refractivity contribution is 7.89. The van der Waals surface area contributed by atoms with E-state index >= 15 is 0 Å². The molecule has 1 fully saturated rings. The van der Waals surface area contributed by atoms with E-state index in [9.17, 15) is 13.2 Å². The van der Waals surface area contributed by atoms with Gasteiger partial charge in [0.15, 0.2) is 0 Å². The minimum Gasteiger partial charge on any atom is -0.352 e. The number of piperazine rings is 1. The van der Waals surface area contributed by atoms with E-state index in [0.29, 0.717) is 25.2 Å². The first kappa shape index (κ1) is 22.8. The highest BCUT2D eigenvalue weighted by atomic mass is 32.2. The summed E-state index contributed by atoms with van der Waals surface area (Å²) in [6.07, 6.45) is 0.881. The molecule has 0 aliphatic carbocycles. The van der Waals surface area contributed by atoms with Crippen LogP contribution in [0.2, 0.25) is 0 Å². The molecule has 8 heteroatoms. The van der Waals surface area contributed by atoms with Crippen molar-refractivity contribution in [3.63, 3.8) is 0 Å². The lowest BCUT2D eigenvalue weighted by molar-refractivity contribution is 0.0948. The molecular weight excluding hydrogens is 376 g/mol. The molecule has 1 amide bonds. The Bertz CT molecular complexity index is 755. The van der Waals surface area contributed by atoms with Crippen molar-refractivity contribution in [2.24, 2.45) is 0 Å². The van der Waals surface area contributed by atoms with E-state index in [-0.39, 0.29) is 10.8 Å². The van der Waals surface area contributed by atoms with Gasteiger partial charge in [0.1, 0.15) is 0 Å². The van der Waals surface area contributed by atoms with Crippen molar-refractivity contribution in [2.75, 3.05) is 59.4 Å². The zero-order chi connectivity index (χ0) is 20.7. The van der Waals surface area contributed by atoms with Crippen LogP contribution in [0.3, 0.4) is 0 Å². The zero-order valence-electron chi connectivity index (χ0n) is 17.6. The molecule has 7 nitrogen and oxygen atoms in total. The Hall–Kier alpha value is -1.48. The maximum Gasteiger partial charge on any atom is 0.251 e. The number of carbonyl (C=O) groups is 1. The average molecular weight is 411 g/mol. The largest absolute Gasteiger partial charge is 0.352 e. The Morgan fingerprint density at radius 1 is 1.14 bits per heavy atom. The molecular formula is C20H34N4O3S. The SMILES string of the molecule is CCN(CC)S(=O)(=O)c1ccc(C)c(C(=O)NCCCN2CCN(C)CC2)c1. The first-order valence-corrected chi connectivity index (χ1v) is 11.5. The molecule has 1 aromatic rings. The number of carbonyl (C=O) groups excluding carboxylic acids is 1. The minimum atomic E-state index is -3.58. The number of amides is 1. The van der Waals surface area contributed by atoms with Crippen LogP contribution in [0.15, 0.2) is 23.1 Å². The fourth-order valence-corrected chi connectivity index (χ4v) is 4.87. The summed E-state index contributed by atoms with van der Waals surface area (Å²) in [5, 5.41) is 2.94. The third-order valence-corrected chi connectivity index (χ3v) is 7.38. The van der Waals surface area contributed by atoms with E-state index in [1.54, 1.807) is 12.1 Å². The van der Waals surface area contributed by atoms with E-state index in [2.05, 4.69) is 22.2 Å². The lowest BCUT2D eigenvalue weighted by Gasteiger charge is -2.32. The first-order valence-electron chi connectivity index (χ1n) is 10.1. The zero-order valence-corrected chi connectivity index (χ0v) is 18.4. The van der Waals surface area contributed by atoms with Crippen molar-refractivity contribution in [1.29, 1.82) is 0 Å². The van der Waals surface area contributed by atoms with Gasteiger partial charge in [-0.3, -0.25) is 4.79 Å². The van der Waals surface area contributed by atoms with Crippen LogP contribution in [-0.4, -0.2) is 87.8 Å². The topological polar surface area (TPSA) is 73.0 Å². The number of rotatable bonds is 9. The van der Waals surface area contributed by atoms with Crippen LogP contribution < -0.4 is 5.32 Å². The van der Waals surface area contributed by atoms with Crippen LogP contribution >= 0.6 is 0 Å². The maximum atomic E-state index is 12.7. The lowest BCUT2D eigenvalue weighted by Crippen LogP contribution is -2.45. The second kappa shape index (κ2) is 10.3. The van der Waals surface area contributed by atoms with Crippen LogP contribution in [0.5, 0.6) is 0 Å². The molecule has 2 rings (SSSR count). The molecule has 1 aliphatic heterocycles. The highest BCUT2D eigenvalue weighted by Crippen LogP contribution is 2.19. The van der Waals surface area contributed by atoms with Crippen LogP contribution in [0.4, 0.5) is 0 Å². The van der Waals surface area contributed by atoms with Gasteiger partial charge < -0.3 is 15.1 Å². The Balaban J connectivity index is 1.95. The summed E-state index contributed by atoms with van der Waals surface area (Å²) in [6.45, 7) is 12.1. The van der Waals surface area contributed by atoms with E-state index in [1.807, 2.05) is 20.8 Å². The molecule has 1 N–H and O–H groups in total. The monoisotopic (exact) mass is 410 g/mol. The maximum absolute atomic E-state index is 12.7. The van der Waals surface area contributed by atoms with Crippen molar-refractivity contribution in [2.45, 2.75) is 32.1 Å². The number of likely N-dealkylation sites (N-methyl/N-ethyl adjacent to an activating group) is 1. The van der Waals surface area contributed by atoms with Crippen molar-refractivity contribution < 1.29 is 13.2 Å². The van der Waals surface area contributed by atoms with Gasteiger partial charge in [-0.25, -0.2) is 8.42 Å². The van der Waals surface area contributed by atoms with Crippen LogP contribution in [-0.2, 0) is 10.0 Å². The molecule has 0 radical (unpaired) electrons. The van der Waals surface area contributed by atoms with Gasteiger partial charge in [0, 0.05) is 51.4 Å². The van der Waals surface area contributed by atoms with Crippen molar-refractivity contribution in [3.05, 3.63) is 29.3 Å². The summed E-state index contributed by atoms with van der Waals surface area (Å²) < 4.78 is 26.8. The van der Waals surface area contributed by atoms with Crippen LogP contribution in [0, 0.1) is 6.92 Å². The summed E-state index contributed by atoms with van der Waals surface area (Å²) in [4.78, 5) is 17.5. The molecule has 0 atom stereocenters. The van der Waals surface area contributed by atoms with E-state index in [4.69, 9.17) is 0 Å². The summed E-state index contributed by atoms with van der Waals surface area (Å²) in [5.41, 5.74) is 1.20.